The zero-order valence-corrected chi connectivity index (χ0v) is 10.4. The Labute approximate surface area is 107 Å². The molecule has 0 amide bonds. The summed E-state index contributed by atoms with van der Waals surface area (Å²) >= 11 is 0. The van der Waals surface area contributed by atoms with Gasteiger partial charge in [0.2, 0.25) is 0 Å². The van der Waals surface area contributed by atoms with Gasteiger partial charge in [0.15, 0.2) is 0 Å². The molecule has 96 valence electrons. The Kier molecular flexibility index (Phi) is 4.48. The zero-order chi connectivity index (χ0) is 12.8. The molecule has 2 unspecified atom stereocenters. The molecule has 1 fully saturated rings. The number of hydrogen-bond acceptors (Lipinski definition) is 5. The molecule has 0 saturated heterocycles. The first-order valence-corrected chi connectivity index (χ1v) is 6.39. The molecule has 5 heteroatoms. The van der Waals surface area contributed by atoms with Gasteiger partial charge in [0.1, 0.15) is 11.6 Å². The first kappa shape index (κ1) is 12.8. The minimum Gasteiger partial charge on any atom is -0.475 e. The van der Waals surface area contributed by atoms with E-state index < -0.39 is 0 Å². The summed E-state index contributed by atoms with van der Waals surface area (Å²) in [4.78, 5) is 0. The molecule has 1 aromatic heterocycles. The Morgan fingerprint density at radius 3 is 2.89 bits per heavy atom. The van der Waals surface area contributed by atoms with E-state index in [1.165, 1.54) is 25.5 Å². The van der Waals surface area contributed by atoms with Crippen molar-refractivity contribution in [2.75, 3.05) is 13.2 Å². The first-order valence-electron chi connectivity index (χ1n) is 6.39. The van der Waals surface area contributed by atoms with Gasteiger partial charge in [-0.1, -0.05) is 12.8 Å². The molecule has 1 heterocycles. The third-order valence-electron chi connectivity index (χ3n) is 3.61. The van der Waals surface area contributed by atoms with Crippen molar-refractivity contribution >= 4 is 0 Å². The Balaban J connectivity index is 1.96. The highest BCUT2D eigenvalue weighted by molar-refractivity contribution is 5.35. The van der Waals surface area contributed by atoms with Gasteiger partial charge in [-0.15, -0.1) is 5.10 Å². The van der Waals surface area contributed by atoms with Gasteiger partial charge in [0.05, 0.1) is 12.8 Å². The highest BCUT2D eigenvalue weighted by Crippen LogP contribution is 2.29. The molecule has 2 rings (SSSR count). The quantitative estimate of drug-likeness (QED) is 0.870. The van der Waals surface area contributed by atoms with Gasteiger partial charge in [-0.05, 0) is 37.3 Å². The van der Waals surface area contributed by atoms with E-state index >= 15 is 0 Å². The van der Waals surface area contributed by atoms with Crippen LogP contribution in [-0.4, -0.2) is 23.3 Å². The summed E-state index contributed by atoms with van der Waals surface area (Å²) in [6.45, 7) is 1.29. The van der Waals surface area contributed by atoms with Gasteiger partial charge in [0, 0.05) is 0 Å². The molecule has 5 nitrogen and oxygen atoms in total. The average molecular weight is 246 g/mol. The summed E-state index contributed by atoms with van der Waals surface area (Å²) in [6, 6.07) is 3.67. The first-order chi connectivity index (χ1) is 8.85. The van der Waals surface area contributed by atoms with Crippen molar-refractivity contribution in [2.45, 2.75) is 25.7 Å². The van der Waals surface area contributed by atoms with Crippen LogP contribution in [0.15, 0.2) is 12.3 Å². The average Bonchev–Trinajstić information content (AvgIpc) is 2.45. The lowest BCUT2D eigenvalue weighted by Gasteiger charge is -2.30. The number of nitrogens with zero attached hydrogens (tertiary/aromatic N) is 3. The fourth-order valence-electron chi connectivity index (χ4n) is 2.51. The predicted molar refractivity (Wildman–Crippen MR) is 66.7 cm³/mol. The number of hydrogen-bond donors (Lipinski definition) is 1. The molecule has 0 bridgehead atoms. The number of ether oxygens (including phenoxy) is 1. The Morgan fingerprint density at radius 1 is 1.39 bits per heavy atom. The lowest BCUT2D eigenvalue weighted by Crippen LogP contribution is -2.31. The maximum atomic E-state index is 8.94. The summed E-state index contributed by atoms with van der Waals surface area (Å²) in [5.41, 5.74) is 6.22. The second-order valence-electron chi connectivity index (χ2n) is 4.71. The van der Waals surface area contributed by atoms with Gasteiger partial charge < -0.3 is 10.5 Å². The molecular formula is C13H18N4O. The van der Waals surface area contributed by atoms with Crippen LogP contribution < -0.4 is 10.5 Å². The second-order valence-corrected chi connectivity index (χ2v) is 4.71. The second kappa shape index (κ2) is 6.31. The summed E-state index contributed by atoms with van der Waals surface area (Å²) < 4.78 is 5.65. The van der Waals surface area contributed by atoms with Crippen molar-refractivity contribution in [3.63, 3.8) is 0 Å². The Hall–Kier alpha value is -1.67. The van der Waals surface area contributed by atoms with E-state index in [0.717, 1.165) is 6.42 Å². The summed E-state index contributed by atoms with van der Waals surface area (Å²) in [7, 11) is 0. The highest BCUT2D eigenvalue weighted by atomic mass is 16.5. The summed E-state index contributed by atoms with van der Waals surface area (Å²) in [6.07, 6.45) is 6.30. The lowest BCUT2D eigenvalue weighted by molar-refractivity contribution is 0.148. The Bertz CT molecular complexity index is 429. The topological polar surface area (TPSA) is 84.8 Å². The van der Waals surface area contributed by atoms with E-state index in [9.17, 15) is 0 Å². The standard InChI is InChI=1S/C13H18N4O/c14-7-10-3-1-2-4-12(10)9-18-13-11(8-15)5-6-16-17-13/h5-6,10,12H,1-4,7,9,14H2. The molecular weight excluding hydrogens is 228 g/mol. The molecule has 0 aromatic carbocycles. The minimum absolute atomic E-state index is 0.335. The van der Waals surface area contributed by atoms with E-state index in [1.54, 1.807) is 6.07 Å². The molecule has 2 N–H and O–H groups in total. The van der Waals surface area contributed by atoms with Crippen molar-refractivity contribution in [1.29, 1.82) is 5.26 Å². The monoisotopic (exact) mass is 246 g/mol. The van der Waals surface area contributed by atoms with Crippen molar-refractivity contribution < 1.29 is 4.74 Å². The number of rotatable bonds is 4. The van der Waals surface area contributed by atoms with E-state index in [4.69, 9.17) is 15.7 Å². The van der Waals surface area contributed by atoms with Crippen molar-refractivity contribution in [1.82, 2.24) is 10.2 Å². The van der Waals surface area contributed by atoms with Crippen LogP contribution in [-0.2, 0) is 0 Å². The molecule has 0 radical (unpaired) electrons. The molecule has 0 aliphatic heterocycles. The largest absolute Gasteiger partial charge is 0.475 e. The minimum atomic E-state index is 0.335. The molecule has 0 spiro atoms. The van der Waals surface area contributed by atoms with Gasteiger partial charge in [-0.25, -0.2) is 0 Å². The van der Waals surface area contributed by atoms with Crippen molar-refractivity contribution in [3.8, 4) is 11.9 Å². The Morgan fingerprint density at radius 2 is 2.17 bits per heavy atom. The highest BCUT2D eigenvalue weighted by Gasteiger charge is 2.24. The summed E-state index contributed by atoms with van der Waals surface area (Å²) in [5.74, 6) is 1.33. The van der Waals surface area contributed by atoms with E-state index in [1.807, 2.05) is 0 Å². The zero-order valence-electron chi connectivity index (χ0n) is 10.4. The molecule has 2 atom stereocenters. The SMILES string of the molecule is N#Cc1ccnnc1OCC1CCCCC1CN. The summed E-state index contributed by atoms with van der Waals surface area (Å²) in [5, 5.41) is 16.5. The number of nitrogens with two attached hydrogens (primary N) is 1. The fourth-order valence-corrected chi connectivity index (χ4v) is 2.51. The van der Waals surface area contributed by atoms with Gasteiger partial charge in [-0.3, -0.25) is 0 Å². The van der Waals surface area contributed by atoms with E-state index in [2.05, 4.69) is 16.3 Å². The van der Waals surface area contributed by atoms with Crippen LogP contribution in [0, 0.1) is 23.2 Å². The predicted octanol–water partition coefficient (Wildman–Crippen LogP) is 1.49. The number of aromatic nitrogens is 2. The molecule has 1 aromatic rings. The van der Waals surface area contributed by atoms with Crippen LogP contribution >= 0.6 is 0 Å². The maximum Gasteiger partial charge on any atom is 0.251 e. The van der Waals surface area contributed by atoms with Crippen LogP contribution in [0.25, 0.3) is 0 Å². The fraction of sp³-hybridized carbons (Fsp3) is 0.615. The lowest BCUT2D eigenvalue weighted by atomic mass is 9.80. The van der Waals surface area contributed by atoms with Crippen LogP contribution in [0.5, 0.6) is 5.88 Å². The molecule has 1 aliphatic rings. The van der Waals surface area contributed by atoms with Gasteiger partial charge >= 0.3 is 0 Å². The van der Waals surface area contributed by atoms with Gasteiger partial charge in [0.25, 0.3) is 5.88 Å². The molecule has 1 aliphatic carbocycles. The molecule has 18 heavy (non-hydrogen) atoms. The van der Waals surface area contributed by atoms with E-state index in [-0.39, 0.29) is 0 Å². The van der Waals surface area contributed by atoms with E-state index in [0.29, 0.717) is 36.4 Å². The normalized spacial score (nSPS) is 23.3. The van der Waals surface area contributed by atoms with Crippen LogP contribution in [0.2, 0.25) is 0 Å². The maximum absolute atomic E-state index is 8.94. The molecule has 1 saturated carbocycles. The van der Waals surface area contributed by atoms with Crippen LogP contribution in [0.3, 0.4) is 0 Å². The van der Waals surface area contributed by atoms with Gasteiger partial charge in [-0.2, -0.15) is 10.4 Å². The van der Waals surface area contributed by atoms with Crippen molar-refractivity contribution in [2.24, 2.45) is 17.6 Å². The van der Waals surface area contributed by atoms with Crippen molar-refractivity contribution in [3.05, 3.63) is 17.8 Å². The third-order valence-corrected chi connectivity index (χ3v) is 3.61. The smallest absolute Gasteiger partial charge is 0.251 e. The third kappa shape index (κ3) is 2.96. The number of nitriles is 1. The van der Waals surface area contributed by atoms with Crippen LogP contribution in [0.4, 0.5) is 0 Å². The van der Waals surface area contributed by atoms with Crippen LogP contribution in [0.1, 0.15) is 31.2 Å².